The number of anilines is 1. The molecule has 2 aromatic carbocycles. The Balaban J connectivity index is 1.82. The van der Waals surface area contributed by atoms with Crippen molar-refractivity contribution in [3.63, 3.8) is 0 Å². The van der Waals surface area contributed by atoms with Crippen LogP contribution in [-0.2, 0) is 0 Å². The van der Waals surface area contributed by atoms with Gasteiger partial charge in [0.15, 0.2) is 5.43 Å². The van der Waals surface area contributed by atoms with E-state index >= 15 is 0 Å². The number of carbonyl (C=O) groups is 1. The lowest BCUT2D eigenvalue weighted by molar-refractivity contribution is 0.0970. The van der Waals surface area contributed by atoms with Gasteiger partial charge in [0.25, 0.3) is 5.91 Å². The Labute approximate surface area is 175 Å². The summed E-state index contributed by atoms with van der Waals surface area (Å²) in [6, 6.07) is 16.5. The van der Waals surface area contributed by atoms with Crippen LogP contribution in [0.4, 0.5) is 5.82 Å². The third kappa shape index (κ3) is 2.82. The van der Waals surface area contributed by atoms with Gasteiger partial charge < -0.3 is 4.42 Å². The Morgan fingerprint density at radius 1 is 0.931 bits per heavy atom. The summed E-state index contributed by atoms with van der Waals surface area (Å²) in [6.07, 6.45) is 1.45. The van der Waals surface area contributed by atoms with Crippen LogP contribution < -0.4 is 10.3 Å². The van der Waals surface area contributed by atoms with Crippen LogP contribution in [0.5, 0.6) is 0 Å². The quantitative estimate of drug-likeness (QED) is 0.442. The fraction of sp³-hybridized carbons (Fsp3) is 0.0455. The van der Waals surface area contributed by atoms with E-state index in [4.69, 9.17) is 27.6 Å². The summed E-state index contributed by atoms with van der Waals surface area (Å²) in [5.41, 5.74) is 1.06. The van der Waals surface area contributed by atoms with Gasteiger partial charge in [0.1, 0.15) is 11.4 Å². The lowest BCUT2D eigenvalue weighted by atomic mass is 9.98. The molecule has 4 aromatic rings. The van der Waals surface area contributed by atoms with Gasteiger partial charge in [-0.1, -0.05) is 47.5 Å². The minimum atomic E-state index is -0.717. The number of rotatable bonds is 2. The lowest BCUT2D eigenvalue weighted by Gasteiger charge is -2.24. The van der Waals surface area contributed by atoms with E-state index in [0.717, 1.165) is 0 Å². The SMILES string of the molecule is O=C1c2oc3ccccc3c(=O)c2[C@H](c2cccc(Cl)c2)N1c1ccc(Cl)cn1. The Morgan fingerprint density at radius 3 is 2.52 bits per heavy atom. The van der Waals surface area contributed by atoms with E-state index in [-0.39, 0.29) is 16.8 Å². The van der Waals surface area contributed by atoms with E-state index in [1.165, 1.54) is 11.1 Å². The number of para-hydroxylation sites is 1. The molecule has 1 atom stereocenters. The largest absolute Gasteiger partial charge is 0.450 e. The minimum Gasteiger partial charge on any atom is -0.450 e. The van der Waals surface area contributed by atoms with E-state index in [2.05, 4.69) is 4.98 Å². The first-order valence-corrected chi connectivity index (χ1v) is 9.56. The molecule has 0 N–H and O–H groups in total. The fourth-order valence-corrected chi connectivity index (χ4v) is 3.97. The molecule has 0 radical (unpaired) electrons. The maximum absolute atomic E-state index is 13.4. The Bertz CT molecular complexity index is 1330. The molecule has 3 heterocycles. The molecule has 142 valence electrons. The zero-order valence-corrected chi connectivity index (χ0v) is 16.3. The van der Waals surface area contributed by atoms with Gasteiger partial charge >= 0.3 is 0 Å². The summed E-state index contributed by atoms with van der Waals surface area (Å²) in [4.78, 5) is 32.4. The van der Waals surface area contributed by atoms with Crippen LogP contribution in [0.25, 0.3) is 11.0 Å². The zero-order chi connectivity index (χ0) is 20.1. The number of carbonyl (C=O) groups excluding carboxylic acids is 1. The van der Waals surface area contributed by atoms with Crippen molar-refractivity contribution in [2.24, 2.45) is 0 Å². The summed E-state index contributed by atoms with van der Waals surface area (Å²) >= 11 is 12.2. The number of benzene rings is 2. The molecule has 0 bridgehead atoms. The molecule has 5 rings (SSSR count). The molecular formula is C22H12Cl2N2O3. The van der Waals surface area contributed by atoms with E-state index in [9.17, 15) is 9.59 Å². The number of aromatic nitrogens is 1. The van der Waals surface area contributed by atoms with Gasteiger partial charge in [-0.05, 0) is 42.0 Å². The molecule has 1 aliphatic rings. The first-order valence-electron chi connectivity index (χ1n) is 8.81. The first kappa shape index (κ1) is 17.9. The van der Waals surface area contributed by atoms with Crippen molar-refractivity contribution in [2.45, 2.75) is 6.04 Å². The van der Waals surface area contributed by atoms with Crippen molar-refractivity contribution in [1.29, 1.82) is 0 Å². The third-order valence-corrected chi connectivity index (χ3v) is 5.36. The summed E-state index contributed by atoms with van der Waals surface area (Å²) in [7, 11) is 0. The van der Waals surface area contributed by atoms with Gasteiger partial charge in [-0.2, -0.15) is 0 Å². The van der Waals surface area contributed by atoms with E-state index in [1.807, 2.05) is 6.07 Å². The Hall–Kier alpha value is -3.15. The molecular weight excluding hydrogens is 411 g/mol. The molecule has 1 aliphatic heterocycles. The topological polar surface area (TPSA) is 63.4 Å². The van der Waals surface area contributed by atoms with Crippen LogP contribution >= 0.6 is 23.2 Å². The average molecular weight is 423 g/mol. The standard InChI is InChI=1S/C22H12Cl2N2O3/c23-13-5-3-4-12(10-13)19-18-20(27)15-6-1-2-7-16(15)29-21(18)22(28)26(19)17-9-8-14(24)11-25-17/h1-11,19H/t19-/m0/s1. The smallest absolute Gasteiger partial charge is 0.296 e. The van der Waals surface area contributed by atoms with Crippen LogP contribution in [0.1, 0.15) is 27.7 Å². The van der Waals surface area contributed by atoms with Crippen molar-refractivity contribution in [3.8, 4) is 0 Å². The molecule has 7 heteroatoms. The van der Waals surface area contributed by atoms with Gasteiger partial charge in [-0.3, -0.25) is 14.5 Å². The predicted molar refractivity (Wildman–Crippen MR) is 112 cm³/mol. The molecule has 1 amide bonds. The molecule has 29 heavy (non-hydrogen) atoms. The Kier molecular flexibility index (Phi) is 4.15. The van der Waals surface area contributed by atoms with E-state index in [0.29, 0.717) is 32.4 Å². The lowest BCUT2D eigenvalue weighted by Crippen LogP contribution is -2.30. The summed E-state index contributed by atoms with van der Waals surface area (Å²) in [6.45, 7) is 0. The zero-order valence-electron chi connectivity index (χ0n) is 14.8. The van der Waals surface area contributed by atoms with E-state index < -0.39 is 11.9 Å². The molecule has 0 unspecified atom stereocenters. The van der Waals surface area contributed by atoms with Crippen LogP contribution in [0, 0.1) is 0 Å². The van der Waals surface area contributed by atoms with Crippen LogP contribution in [0.3, 0.4) is 0 Å². The number of nitrogens with zero attached hydrogens (tertiary/aromatic N) is 2. The second-order valence-corrected chi connectivity index (χ2v) is 7.51. The van der Waals surface area contributed by atoms with Crippen LogP contribution in [-0.4, -0.2) is 10.9 Å². The van der Waals surface area contributed by atoms with Gasteiger partial charge in [0.2, 0.25) is 5.76 Å². The van der Waals surface area contributed by atoms with Gasteiger partial charge in [0, 0.05) is 11.2 Å². The normalized spacial score (nSPS) is 15.7. The van der Waals surface area contributed by atoms with Gasteiger partial charge in [-0.15, -0.1) is 0 Å². The second kappa shape index (κ2) is 6.72. The number of halogens is 2. The highest BCUT2D eigenvalue weighted by atomic mass is 35.5. The molecule has 0 saturated carbocycles. The van der Waals surface area contributed by atoms with Crippen molar-refractivity contribution in [1.82, 2.24) is 4.98 Å². The summed E-state index contributed by atoms with van der Waals surface area (Å²) in [5, 5.41) is 1.35. The third-order valence-electron chi connectivity index (χ3n) is 4.90. The van der Waals surface area contributed by atoms with Crippen LogP contribution in [0.15, 0.2) is 76.1 Å². The maximum atomic E-state index is 13.4. The highest BCUT2D eigenvalue weighted by molar-refractivity contribution is 6.31. The first-order chi connectivity index (χ1) is 14.0. The van der Waals surface area contributed by atoms with Crippen molar-refractivity contribution in [2.75, 3.05) is 4.90 Å². The number of fused-ring (bicyclic) bond motifs is 2. The molecule has 0 aliphatic carbocycles. The average Bonchev–Trinajstić information content (AvgIpc) is 3.02. The molecule has 2 aromatic heterocycles. The van der Waals surface area contributed by atoms with Gasteiger partial charge in [0.05, 0.1) is 22.0 Å². The number of hydrogen-bond donors (Lipinski definition) is 0. The highest BCUT2D eigenvalue weighted by Gasteiger charge is 2.44. The molecule has 5 nitrogen and oxygen atoms in total. The van der Waals surface area contributed by atoms with E-state index in [1.54, 1.807) is 54.6 Å². The monoisotopic (exact) mass is 422 g/mol. The predicted octanol–water partition coefficient (Wildman–Crippen LogP) is 5.24. The number of hydrogen-bond acceptors (Lipinski definition) is 4. The molecule has 0 spiro atoms. The molecule has 0 fully saturated rings. The van der Waals surface area contributed by atoms with Crippen LogP contribution in [0.2, 0.25) is 10.0 Å². The summed E-state index contributed by atoms with van der Waals surface area (Å²) < 4.78 is 5.88. The highest BCUT2D eigenvalue weighted by Crippen LogP contribution is 2.41. The Morgan fingerprint density at radius 2 is 1.76 bits per heavy atom. The second-order valence-electron chi connectivity index (χ2n) is 6.64. The number of pyridine rings is 1. The maximum Gasteiger partial charge on any atom is 0.296 e. The van der Waals surface area contributed by atoms with Crippen molar-refractivity contribution in [3.05, 3.63) is 104 Å². The molecule has 0 saturated heterocycles. The minimum absolute atomic E-state index is 0.00965. The summed E-state index contributed by atoms with van der Waals surface area (Å²) in [5.74, 6) is -0.0719. The van der Waals surface area contributed by atoms with Crippen molar-refractivity contribution < 1.29 is 9.21 Å². The fourth-order valence-electron chi connectivity index (χ4n) is 3.66. The van der Waals surface area contributed by atoms with Crippen molar-refractivity contribution >= 4 is 45.9 Å². The van der Waals surface area contributed by atoms with Gasteiger partial charge in [-0.25, -0.2) is 4.98 Å². The number of amides is 1.